The van der Waals surface area contributed by atoms with Crippen LogP contribution < -0.4 is 0 Å². The Kier molecular flexibility index (Phi) is 4.36. The van der Waals surface area contributed by atoms with Gasteiger partial charge in [-0.3, -0.25) is 4.79 Å². The fourth-order valence-corrected chi connectivity index (χ4v) is 5.94. The van der Waals surface area contributed by atoms with Gasteiger partial charge in [0.05, 0.1) is 10.0 Å². The molecule has 1 saturated carbocycles. The molecule has 0 radical (unpaired) electrons. The Morgan fingerprint density at radius 1 is 1.22 bits per heavy atom. The normalized spacial score (nSPS) is 26.4. The first-order chi connectivity index (χ1) is 12.6. The van der Waals surface area contributed by atoms with Gasteiger partial charge in [-0.05, 0) is 49.1 Å². The number of hydrogen-bond acceptors (Lipinski definition) is 3. The Morgan fingerprint density at radius 2 is 1.89 bits per heavy atom. The zero-order valence-corrected chi connectivity index (χ0v) is 17.6. The van der Waals surface area contributed by atoms with Crippen LogP contribution in [-0.4, -0.2) is 28.6 Å². The third-order valence-electron chi connectivity index (χ3n) is 5.95. The number of benzene rings is 1. The summed E-state index contributed by atoms with van der Waals surface area (Å²) in [7, 11) is 0. The third kappa shape index (κ3) is 3.17. The van der Waals surface area contributed by atoms with E-state index in [2.05, 4.69) is 25.9 Å². The molecule has 1 aromatic carbocycles. The summed E-state index contributed by atoms with van der Waals surface area (Å²) in [6.07, 6.45) is 3.20. The predicted molar refractivity (Wildman–Crippen MR) is 107 cm³/mol. The summed E-state index contributed by atoms with van der Waals surface area (Å²) in [6, 6.07) is 5.51. The Labute approximate surface area is 169 Å². The first kappa shape index (κ1) is 18.8. The van der Waals surface area contributed by atoms with E-state index in [4.69, 9.17) is 27.7 Å². The van der Waals surface area contributed by atoms with Crippen LogP contribution in [0.15, 0.2) is 22.7 Å². The number of fused-ring (bicyclic) bond motifs is 2. The zero-order chi connectivity index (χ0) is 19.6. The van der Waals surface area contributed by atoms with Crippen LogP contribution in [0.4, 0.5) is 0 Å². The summed E-state index contributed by atoms with van der Waals surface area (Å²) in [5.74, 6) is 0.461. The second-order valence-electron chi connectivity index (χ2n) is 9.21. The molecule has 2 heterocycles. The zero-order valence-electron chi connectivity index (χ0n) is 16.1. The number of likely N-dealkylation sites (tertiary alicyclic amines) is 1. The molecule has 1 aromatic heterocycles. The molecule has 1 aliphatic carbocycles. The Balaban J connectivity index is 1.76. The molecule has 2 aromatic rings. The summed E-state index contributed by atoms with van der Waals surface area (Å²) < 4.78 is 5.40. The Hall–Kier alpha value is -1.52. The topological polar surface area (TPSA) is 46.3 Å². The minimum absolute atomic E-state index is 0.0360. The number of nitrogens with zero attached hydrogens (tertiary/aromatic N) is 2. The highest BCUT2D eigenvalue weighted by Crippen LogP contribution is 2.53. The largest absolute Gasteiger partial charge is 0.360 e. The quantitative estimate of drug-likeness (QED) is 0.614. The number of aromatic nitrogens is 1. The molecular weight excluding hydrogens is 383 g/mol. The molecule has 0 N–H and O–H groups in total. The minimum atomic E-state index is -0.0360. The van der Waals surface area contributed by atoms with Crippen LogP contribution in [0.5, 0.6) is 0 Å². The molecule has 6 heteroatoms. The van der Waals surface area contributed by atoms with Crippen molar-refractivity contribution in [2.75, 3.05) is 6.54 Å². The van der Waals surface area contributed by atoms with Crippen molar-refractivity contribution in [3.05, 3.63) is 39.6 Å². The van der Waals surface area contributed by atoms with Crippen LogP contribution in [0.3, 0.4) is 0 Å². The van der Waals surface area contributed by atoms with Gasteiger partial charge in [0.25, 0.3) is 5.91 Å². The summed E-state index contributed by atoms with van der Waals surface area (Å²) in [4.78, 5) is 15.6. The smallest absolute Gasteiger partial charge is 0.260 e. The summed E-state index contributed by atoms with van der Waals surface area (Å²) in [6.45, 7) is 9.42. The van der Waals surface area contributed by atoms with E-state index in [0.717, 1.165) is 25.8 Å². The van der Waals surface area contributed by atoms with Crippen LogP contribution in [0.2, 0.25) is 10.0 Å². The second-order valence-corrected chi connectivity index (χ2v) is 10.0. The number of carbonyl (C=O) groups is 1. The van der Waals surface area contributed by atoms with Gasteiger partial charge in [-0.15, -0.1) is 0 Å². The highest BCUT2D eigenvalue weighted by atomic mass is 35.5. The van der Waals surface area contributed by atoms with Gasteiger partial charge in [0.1, 0.15) is 17.0 Å². The van der Waals surface area contributed by atoms with Gasteiger partial charge in [0.2, 0.25) is 0 Å². The molecule has 4 rings (SSSR count). The molecule has 0 unspecified atom stereocenters. The highest BCUT2D eigenvalue weighted by molar-refractivity contribution is 6.39. The number of rotatable bonds is 2. The lowest BCUT2D eigenvalue weighted by atomic mass is 9.65. The lowest BCUT2D eigenvalue weighted by Gasteiger charge is -2.39. The predicted octanol–water partition coefficient (Wildman–Crippen LogP) is 6.00. The van der Waals surface area contributed by atoms with Crippen LogP contribution in [0.25, 0.3) is 11.3 Å². The monoisotopic (exact) mass is 406 g/mol. The van der Waals surface area contributed by atoms with E-state index in [1.165, 1.54) is 0 Å². The van der Waals surface area contributed by atoms with Gasteiger partial charge < -0.3 is 9.42 Å². The molecule has 144 valence electrons. The molecule has 1 amide bonds. The van der Waals surface area contributed by atoms with Gasteiger partial charge in [-0.1, -0.05) is 55.2 Å². The first-order valence-electron chi connectivity index (χ1n) is 9.32. The fraction of sp³-hybridized carbons (Fsp3) is 0.524. The van der Waals surface area contributed by atoms with Gasteiger partial charge >= 0.3 is 0 Å². The maximum Gasteiger partial charge on any atom is 0.260 e. The van der Waals surface area contributed by atoms with Crippen molar-refractivity contribution < 1.29 is 9.32 Å². The van der Waals surface area contributed by atoms with E-state index in [0.29, 0.717) is 32.6 Å². The molecular formula is C21H24Cl2N2O2. The Morgan fingerprint density at radius 3 is 2.56 bits per heavy atom. The second kappa shape index (κ2) is 6.25. The van der Waals surface area contributed by atoms with E-state index in [1.54, 1.807) is 25.1 Å². The van der Waals surface area contributed by atoms with Crippen molar-refractivity contribution in [2.24, 2.45) is 10.8 Å². The SMILES string of the molecule is Cc1onc(-c2c(Cl)cccc2Cl)c1C(=O)N1C[C@@]2(C)C[C@H]1CC(C)(C)C2. The van der Waals surface area contributed by atoms with Gasteiger partial charge in [0, 0.05) is 18.2 Å². The van der Waals surface area contributed by atoms with E-state index in [1.807, 2.05) is 4.90 Å². The van der Waals surface area contributed by atoms with Crippen molar-refractivity contribution in [3.8, 4) is 11.3 Å². The summed E-state index contributed by atoms with van der Waals surface area (Å²) in [5.41, 5.74) is 1.85. The van der Waals surface area contributed by atoms with Crippen LogP contribution in [-0.2, 0) is 0 Å². The molecule has 2 fully saturated rings. The lowest BCUT2D eigenvalue weighted by molar-refractivity contribution is 0.0707. The van der Waals surface area contributed by atoms with Crippen molar-refractivity contribution in [1.29, 1.82) is 0 Å². The molecule has 2 bridgehead atoms. The Bertz CT molecular complexity index is 901. The fourth-order valence-electron chi connectivity index (χ4n) is 5.36. The number of hydrogen-bond donors (Lipinski definition) is 0. The molecule has 4 nitrogen and oxygen atoms in total. The summed E-state index contributed by atoms with van der Waals surface area (Å²) in [5, 5.41) is 5.05. The average Bonchev–Trinajstić information content (AvgIpc) is 3.03. The number of aryl methyl sites for hydroxylation is 1. The molecule has 2 atom stereocenters. The van der Waals surface area contributed by atoms with Crippen molar-refractivity contribution in [1.82, 2.24) is 10.1 Å². The summed E-state index contributed by atoms with van der Waals surface area (Å²) >= 11 is 12.7. The molecule has 0 spiro atoms. The maximum atomic E-state index is 13.6. The van der Waals surface area contributed by atoms with Crippen LogP contribution >= 0.6 is 23.2 Å². The van der Waals surface area contributed by atoms with Crippen LogP contribution in [0.1, 0.15) is 56.2 Å². The van der Waals surface area contributed by atoms with E-state index >= 15 is 0 Å². The van der Waals surface area contributed by atoms with Crippen molar-refractivity contribution in [3.63, 3.8) is 0 Å². The average molecular weight is 407 g/mol. The van der Waals surface area contributed by atoms with E-state index < -0.39 is 0 Å². The van der Waals surface area contributed by atoms with Gasteiger partial charge in [0.15, 0.2) is 0 Å². The standard InChI is InChI=1S/C21H24Cl2N2O2/c1-12-16(18(24-27-12)17-14(22)6-5-7-15(17)23)19(26)25-11-21(4)9-13(25)8-20(2,3)10-21/h5-7,13H,8-11H2,1-4H3/t13-,21+/m1/s1. The van der Waals surface area contributed by atoms with Gasteiger partial charge in [-0.2, -0.15) is 0 Å². The molecule has 27 heavy (non-hydrogen) atoms. The van der Waals surface area contributed by atoms with E-state index in [-0.39, 0.29) is 22.8 Å². The van der Waals surface area contributed by atoms with Crippen LogP contribution in [0, 0.1) is 17.8 Å². The van der Waals surface area contributed by atoms with Crippen molar-refractivity contribution in [2.45, 2.75) is 53.0 Å². The van der Waals surface area contributed by atoms with E-state index in [9.17, 15) is 4.79 Å². The number of carbonyl (C=O) groups excluding carboxylic acids is 1. The third-order valence-corrected chi connectivity index (χ3v) is 6.58. The molecule has 1 saturated heterocycles. The molecule has 1 aliphatic heterocycles. The van der Waals surface area contributed by atoms with Crippen molar-refractivity contribution >= 4 is 29.1 Å². The maximum absolute atomic E-state index is 13.6. The minimum Gasteiger partial charge on any atom is -0.360 e. The lowest BCUT2D eigenvalue weighted by Crippen LogP contribution is -2.38. The van der Waals surface area contributed by atoms with Gasteiger partial charge in [-0.25, -0.2) is 0 Å². The number of halogens is 2. The molecule has 2 aliphatic rings. The first-order valence-corrected chi connectivity index (χ1v) is 10.1. The number of amides is 1. The highest BCUT2D eigenvalue weighted by Gasteiger charge is 2.51.